The fourth-order valence-electron chi connectivity index (χ4n) is 4.01. The summed E-state index contributed by atoms with van der Waals surface area (Å²) in [6.07, 6.45) is 3.13. The van der Waals surface area contributed by atoms with Crippen LogP contribution < -0.4 is 10.3 Å². The van der Waals surface area contributed by atoms with Crippen molar-refractivity contribution in [3.8, 4) is 11.4 Å². The molecule has 0 aliphatic heterocycles. The van der Waals surface area contributed by atoms with E-state index in [-0.39, 0.29) is 5.56 Å². The summed E-state index contributed by atoms with van der Waals surface area (Å²) in [4.78, 5) is 15.9. The summed E-state index contributed by atoms with van der Waals surface area (Å²) in [5, 5.41) is 9.41. The number of hydrogen-bond acceptors (Lipinski definition) is 5. The van der Waals surface area contributed by atoms with Gasteiger partial charge in [0.1, 0.15) is 16.4 Å². The average Bonchev–Trinajstić information content (AvgIpc) is 3.22. The van der Waals surface area contributed by atoms with Crippen LogP contribution in [0.25, 0.3) is 21.7 Å². The maximum Gasteiger partial charge on any atom is 0.268 e. The molecule has 3 heterocycles. The molecule has 0 saturated heterocycles. The maximum atomic E-state index is 13.6. The lowest BCUT2D eigenvalue weighted by Gasteiger charge is -2.17. The summed E-state index contributed by atoms with van der Waals surface area (Å²) in [7, 11) is 1.63. The van der Waals surface area contributed by atoms with Crippen molar-refractivity contribution < 1.29 is 4.74 Å². The monoisotopic (exact) mass is 380 g/mol. The molecule has 3 aromatic heterocycles. The highest BCUT2D eigenvalue weighted by molar-refractivity contribution is 7.18. The van der Waals surface area contributed by atoms with E-state index in [1.165, 1.54) is 10.4 Å². The maximum absolute atomic E-state index is 13.6. The quantitative estimate of drug-likeness (QED) is 0.534. The van der Waals surface area contributed by atoms with Crippen LogP contribution in [0.3, 0.4) is 0 Å². The lowest BCUT2D eigenvalue weighted by molar-refractivity contribution is 0.414. The fraction of sp³-hybridized carbons (Fsp3) is 0.350. The minimum Gasteiger partial charge on any atom is -0.497 e. The van der Waals surface area contributed by atoms with Crippen molar-refractivity contribution in [3.63, 3.8) is 0 Å². The summed E-state index contributed by atoms with van der Waals surface area (Å²) < 4.78 is 8.95. The predicted molar refractivity (Wildman–Crippen MR) is 106 cm³/mol. The van der Waals surface area contributed by atoms with Crippen LogP contribution in [-0.4, -0.2) is 26.3 Å². The van der Waals surface area contributed by atoms with Crippen molar-refractivity contribution in [1.29, 1.82) is 0 Å². The van der Waals surface area contributed by atoms with Crippen molar-refractivity contribution in [2.75, 3.05) is 7.11 Å². The number of thiophene rings is 1. The third kappa shape index (κ3) is 2.34. The highest BCUT2D eigenvalue weighted by Gasteiger charge is 2.26. The lowest BCUT2D eigenvalue weighted by Crippen LogP contribution is -2.22. The molecule has 0 fully saturated rings. The van der Waals surface area contributed by atoms with Gasteiger partial charge < -0.3 is 4.74 Å². The van der Waals surface area contributed by atoms with Gasteiger partial charge in [0.2, 0.25) is 5.78 Å². The topological polar surface area (TPSA) is 61.4 Å². The SMILES string of the molecule is COc1ccc(-n2c(=O)c3c4c(sc3n3c(C)nnc23)C[C@@H](C)CC4)cc1. The standard InChI is InChI=1S/C20H20N4O2S/c1-11-4-9-15-16(10-11)27-19-17(15)18(25)24(20-22-21-12(2)23(19)20)13-5-7-14(26-3)8-6-13/h5-8,11H,4,9-10H2,1-3H3/t11-/m0/s1. The molecule has 1 aliphatic rings. The number of aromatic nitrogens is 4. The van der Waals surface area contributed by atoms with Crippen molar-refractivity contribution in [3.05, 3.63) is 50.9 Å². The van der Waals surface area contributed by atoms with E-state index in [2.05, 4.69) is 17.1 Å². The highest BCUT2D eigenvalue weighted by Crippen LogP contribution is 2.37. The van der Waals surface area contributed by atoms with Gasteiger partial charge in [0, 0.05) is 4.88 Å². The van der Waals surface area contributed by atoms with E-state index in [4.69, 9.17) is 4.74 Å². The number of benzene rings is 1. The number of methoxy groups -OCH3 is 1. The average molecular weight is 380 g/mol. The molecule has 1 atom stereocenters. The van der Waals surface area contributed by atoms with E-state index >= 15 is 0 Å². The minimum atomic E-state index is -0.0119. The van der Waals surface area contributed by atoms with Gasteiger partial charge in [-0.05, 0) is 61.9 Å². The molecule has 0 saturated carbocycles. The smallest absolute Gasteiger partial charge is 0.268 e. The van der Waals surface area contributed by atoms with Crippen molar-refractivity contribution >= 4 is 27.3 Å². The molecular weight excluding hydrogens is 360 g/mol. The Kier molecular flexibility index (Phi) is 3.62. The Balaban J connectivity index is 1.90. The molecule has 1 aromatic carbocycles. The third-order valence-electron chi connectivity index (χ3n) is 5.45. The van der Waals surface area contributed by atoms with Gasteiger partial charge in [-0.3, -0.25) is 9.20 Å². The molecule has 5 rings (SSSR count). The Morgan fingerprint density at radius 1 is 1.22 bits per heavy atom. The first-order valence-electron chi connectivity index (χ1n) is 9.14. The van der Waals surface area contributed by atoms with Crippen LogP contribution in [0.15, 0.2) is 29.1 Å². The zero-order chi connectivity index (χ0) is 18.7. The summed E-state index contributed by atoms with van der Waals surface area (Å²) >= 11 is 1.73. The Hall–Kier alpha value is -2.67. The minimum absolute atomic E-state index is 0.0119. The Morgan fingerprint density at radius 3 is 2.74 bits per heavy atom. The highest BCUT2D eigenvalue weighted by atomic mass is 32.1. The molecule has 0 bridgehead atoms. The third-order valence-corrected chi connectivity index (χ3v) is 6.69. The number of rotatable bonds is 2. The van der Waals surface area contributed by atoms with Crippen LogP contribution in [0.5, 0.6) is 5.75 Å². The second-order valence-electron chi connectivity index (χ2n) is 7.25. The molecule has 0 spiro atoms. The summed E-state index contributed by atoms with van der Waals surface area (Å²) in [5.41, 5.74) is 1.97. The molecule has 6 nitrogen and oxygen atoms in total. The second-order valence-corrected chi connectivity index (χ2v) is 8.34. The van der Waals surface area contributed by atoms with Gasteiger partial charge in [0.15, 0.2) is 0 Å². The van der Waals surface area contributed by atoms with Crippen molar-refractivity contribution in [2.24, 2.45) is 5.92 Å². The Labute approximate surface area is 160 Å². The number of fused-ring (bicyclic) bond motifs is 5. The first-order chi connectivity index (χ1) is 13.1. The van der Waals surface area contributed by atoms with Gasteiger partial charge in [0.25, 0.3) is 5.56 Å². The van der Waals surface area contributed by atoms with Crippen molar-refractivity contribution in [1.82, 2.24) is 19.2 Å². The van der Waals surface area contributed by atoms with E-state index in [0.717, 1.165) is 46.7 Å². The van der Waals surface area contributed by atoms with Crippen LogP contribution >= 0.6 is 11.3 Å². The Bertz CT molecular complexity index is 1230. The van der Waals surface area contributed by atoms with Gasteiger partial charge in [-0.25, -0.2) is 4.57 Å². The van der Waals surface area contributed by atoms with E-state index < -0.39 is 0 Å². The summed E-state index contributed by atoms with van der Waals surface area (Å²) in [5.74, 6) is 2.76. The molecule has 4 aromatic rings. The molecule has 0 unspecified atom stereocenters. The normalized spacial score (nSPS) is 16.8. The zero-order valence-electron chi connectivity index (χ0n) is 15.5. The largest absolute Gasteiger partial charge is 0.497 e. The van der Waals surface area contributed by atoms with E-state index in [1.54, 1.807) is 23.0 Å². The van der Waals surface area contributed by atoms with Gasteiger partial charge in [-0.2, -0.15) is 0 Å². The molecule has 0 amide bonds. The number of nitrogens with zero attached hydrogens (tertiary/aromatic N) is 4. The van der Waals surface area contributed by atoms with Crippen LogP contribution in [0, 0.1) is 12.8 Å². The molecule has 1 aliphatic carbocycles. The molecule has 138 valence electrons. The Morgan fingerprint density at radius 2 is 2.00 bits per heavy atom. The van der Waals surface area contributed by atoms with Gasteiger partial charge in [0.05, 0.1) is 18.2 Å². The number of hydrogen-bond donors (Lipinski definition) is 0. The first-order valence-corrected chi connectivity index (χ1v) is 9.95. The van der Waals surface area contributed by atoms with E-state index in [9.17, 15) is 4.79 Å². The summed E-state index contributed by atoms with van der Waals surface area (Å²) in [6.45, 7) is 4.21. The lowest BCUT2D eigenvalue weighted by atomic mass is 9.89. The molecule has 27 heavy (non-hydrogen) atoms. The van der Waals surface area contributed by atoms with E-state index in [0.29, 0.717) is 11.7 Å². The van der Waals surface area contributed by atoms with Crippen LogP contribution in [0.4, 0.5) is 0 Å². The first kappa shape index (κ1) is 16.5. The van der Waals surface area contributed by atoms with Crippen LogP contribution in [0.2, 0.25) is 0 Å². The molecular formula is C20H20N4O2S. The van der Waals surface area contributed by atoms with E-state index in [1.807, 2.05) is 35.6 Å². The van der Waals surface area contributed by atoms with Crippen LogP contribution in [-0.2, 0) is 12.8 Å². The van der Waals surface area contributed by atoms with Gasteiger partial charge >= 0.3 is 0 Å². The predicted octanol–water partition coefficient (Wildman–Crippen LogP) is 3.54. The van der Waals surface area contributed by atoms with Gasteiger partial charge in [-0.15, -0.1) is 21.5 Å². The van der Waals surface area contributed by atoms with Gasteiger partial charge in [-0.1, -0.05) is 6.92 Å². The zero-order valence-corrected chi connectivity index (χ0v) is 16.3. The molecule has 0 N–H and O–H groups in total. The van der Waals surface area contributed by atoms with Crippen LogP contribution in [0.1, 0.15) is 29.6 Å². The molecule has 0 radical (unpaired) electrons. The summed E-state index contributed by atoms with van der Waals surface area (Å²) in [6, 6.07) is 7.49. The number of ether oxygens (including phenoxy) is 1. The fourth-order valence-corrected chi connectivity index (χ4v) is 5.56. The van der Waals surface area contributed by atoms with Crippen molar-refractivity contribution in [2.45, 2.75) is 33.1 Å². The number of aryl methyl sites for hydroxylation is 2. The molecule has 7 heteroatoms. The second kappa shape index (κ2) is 5.92.